The third kappa shape index (κ3) is 1.55. The first-order valence-electron chi connectivity index (χ1n) is 4.73. The van der Waals surface area contributed by atoms with E-state index in [1.165, 1.54) is 0 Å². The third-order valence-electron chi connectivity index (χ3n) is 2.28. The molecule has 72 valence electrons. The zero-order valence-electron chi connectivity index (χ0n) is 8.12. The van der Waals surface area contributed by atoms with Crippen LogP contribution >= 0.6 is 0 Å². The fourth-order valence-electron chi connectivity index (χ4n) is 1.66. The monoisotopic (exact) mass is 188 g/mol. The Labute approximate surface area is 82.5 Å². The molecule has 0 aliphatic rings. The van der Waals surface area contributed by atoms with Crippen LogP contribution in [0, 0.1) is 6.92 Å². The first kappa shape index (κ1) is 9.00. The lowest BCUT2D eigenvalue weighted by Crippen LogP contribution is -1.85. The van der Waals surface area contributed by atoms with E-state index in [0.717, 1.165) is 35.0 Å². The lowest BCUT2D eigenvalue weighted by molar-refractivity contribution is -0.107. The second-order valence-electron chi connectivity index (χ2n) is 3.40. The van der Waals surface area contributed by atoms with Crippen LogP contribution in [-0.2, 0) is 11.2 Å². The summed E-state index contributed by atoms with van der Waals surface area (Å²) < 4.78 is 5.58. The molecule has 0 N–H and O–H groups in total. The molecule has 2 aromatic rings. The first-order chi connectivity index (χ1) is 6.81. The Morgan fingerprint density at radius 1 is 1.43 bits per heavy atom. The highest BCUT2D eigenvalue weighted by Gasteiger charge is 2.04. The van der Waals surface area contributed by atoms with E-state index in [4.69, 9.17) is 4.42 Å². The van der Waals surface area contributed by atoms with Gasteiger partial charge in [-0.2, -0.15) is 0 Å². The van der Waals surface area contributed by atoms with Gasteiger partial charge in [-0.25, -0.2) is 0 Å². The van der Waals surface area contributed by atoms with Crippen molar-refractivity contribution in [3.8, 4) is 0 Å². The molecule has 1 aromatic heterocycles. The Morgan fingerprint density at radius 3 is 3.07 bits per heavy atom. The number of benzene rings is 1. The number of carbonyl (C=O) groups excluding carboxylic acids is 1. The summed E-state index contributed by atoms with van der Waals surface area (Å²) in [4.78, 5) is 10.3. The highest BCUT2D eigenvalue weighted by atomic mass is 16.3. The van der Waals surface area contributed by atoms with Crippen molar-refractivity contribution in [2.45, 2.75) is 19.8 Å². The van der Waals surface area contributed by atoms with Crippen LogP contribution in [0.4, 0.5) is 0 Å². The van der Waals surface area contributed by atoms with E-state index in [2.05, 4.69) is 0 Å². The number of fused-ring (bicyclic) bond motifs is 1. The van der Waals surface area contributed by atoms with Gasteiger partial charge in [-0.05, 0) is 25.0 Å². The molecular weight excluding hydrogens is 176 g/mol. The minimum Gasteiger partial charge on any atom is -0.461 e. The first-order valence-corrected chi connectivity index (χ1v) is 4.73. The van der Waals surface area contributed by atoms with E-state index < -0.39 is 0 Å². The van der Waals surface area contributed by atoms with Crippen molar-refractivity contribution in [3.63, 3.8) is 0 Å². The van der Waals surface area contributed by atoms with E-state index in [1.807, 2.05) is 31.2 Å². The molecule has 0 spiro atoms. The van der Waals surface area contributed by atoms with Gasteiger partial charge in [0.1, 0.15) is 17.6 Å². The number of aryl methyl sites for hydroxylation is 2. The maximum Gasteiger partial charge on any atom is 0.137 e. The summed E-state index contributed by atoms with van der Waals surface area (Å²) in [5.41, 5.74) is 2.04. The maximum absolute atomic E-state index is 10.3. The summed E-state index contributed by atoms with van der Waals surface area (Å²) in [5.74, 6) is 0.915. The van der Waals surface area contributed by atoms with Crippen LogP contribution in [0.1, 0.15) is 17.7 Å². The molecule has 0 aliphatic heterocycles. The predicted molar refractivity (Wildman–Crippen MR) is 55.3 cm³/mol. The Balaban J connectivity index is 2.47. The Bertz CT molecular complexity index is 454. The van der Waals surface area contributed by atoms with E-state index >= 15 is 0 Å². The minimum absolute atomic E-state index is 0.554. The van der Waals surface area contributed by atoms with Gasteiger partial charge in [-0.15, -0.1) is 0 Å². The van der Waals surface area contributed by atoms with Gasteiger partial charge in [-0.3, -0.25) is 0 Å². The van der Waals surface area contributed by atoms with Crippen LogP contribution in [-0.4, -0.2) is 6.29 Å². The molecule has 0 atom stereocenters. The average molecular weight is 188 g/mol. The number of furan rings is 1. The molecule has 0 saturated carbocycles. The highest BCUT2D eigenvalue weighted by molar-refractivity contribution is 5.81. The summed E-state index contributed by atoms with van der Waals surface area (Å²) in [6, 6.07) is 8.04. The molecule has 0 unspecified atom stereocenters. The Kier molecular flexibility index (Phi) is 2.35. The van der Waals surface area contributed by atoms with Gasteiger partial charge < -0.3 is 9.21 Å². The van der Waals surface area contributed by atoms with Gasteiger partial charge in [0.15, 0.2) is 0 Å². The van der Waals surface area contributed by atoms with Crippen molar-refractivity contribution < 1.29 is 9.21 Å². The summed E-state index contributed by atoms with van der Waals surface area (Å²) in [5, 5.41) is 1.12. The molecule has 2 heteroatoms. The topological polar surface area (TPSA) is 30.2 Å². The lowest BCUT2D eigenvalue weighted by atomic mass is 10.1. The summed E-state index contributed by atoms with van der Waals surface area (Å²) in [7, 11) is 0. The maximum atomic E-state index is 10.3. The Hall–Kier alpha value is -1.57. The molecule has 0 fully saturated rings. The van der Waals surface area contributed by atoms with Crippen molar-refractivity contribution in [3.05, 3.63) is 35.6 Å². The summed E-state index contributed by atoms with van der Waals surface area (Å²) in [6.07, 6.45) is 2.25. The van der Waals surface area contributed by atoms with Gasteiger partial charge in [0, 0.05) is 11.8 Å². The number of carbonyl (C=O) groups is 1. The van der Waals surface area contributed by atoms with Gasteiger partial charge in [0.05, 0.1) is 0 Å². The molecule has 1 heterocycles. The van der Waals surface area contributed by atoms with Gasteiger partial charge in [-0.1, -0.05) is 18.2 Å². The molecular formula is C12H12O2. The molecule has 0 bridgehead atoms. The van der Waals surface area contributed by atoms with Crippen LogP contribution in [0.15, 0.2) is 28.7 Å². The highest BCUT2D eigenvalue weighted by Crippen LogP contribution is 2.23. The van der Waals surface area contributed by atoms with Gasteiger partial charge in [0.25, 0.3) is 0 Å². The standard InChI is InChI=1S/C12H12O2/c1-9-8-11-5-2-4-10(6-3-7-13)12(11)14-9/h2,4-5,7-8H,3,6H2,1H3. The average Bonchev–Trinajstić information content (AvgIpc) is 2.55. The quantitative estimate of drug-likeness (QED) is 0.693. The molecule has 0 saturated heterocycles. The zero-order valence-corrected chi connectivity index (χ0v) is 8.12. The van der Waals surface area contributed by atoms with E-state index in [9.17, 15) is 4.79 Å². The van der Waals surface area contributed by atoms with Crippen LogP contribution in [0.3, 0.4) is 0 Å². The molecule has 0 aliphatic carbocycles. The number of aldehydes is 1. The van der Waals surface area contributed by atoms with E-state index in [-0.39, 0.29) is 0 Å². The van der Waals surface area contributed by atoms with Crippen molar-refractivity contribution in [1.82, 2.24) is 0 Å². The smallest absolute Gasteiger partial charge is 0.137 e. The summed E-state index contributed by atoms with van der Waals surface area (Å²) in [6.45, 7) is 1.93. The van der Waals surface area contributed by atoms with E-state index in [0.29, 0.717) is 6.42 Å². The van der Waals surface area contributed by atoms with Crippen molar-refractivity contribution in [2.75, 3.05) is 0 Å². The Morgan fingerprint density at radius 2 is 2.29 bits per heavy atom. The van der Waals surface area contributed by atoms with Crippen LogP contribution in [0.5, 0.6) is 0 Å². The lowest BCUT2D eigenvalue weighted by Gasteiger charge is -1.97. The predicted octanol–water partition coefficient (Wildman–Crippen LogP) is 2.87. The van der Waals surface area contributed by atoms with Gasteiger partial charge in [0.2, 0.25) is 0 Å². The molecule has 0 amide bonds. The van der Waals surface area contributed by atoms with Gasteiger partial charge >= 0.3 is 0 Å². The van der Waals surface area contributed by atoms with Crippen LogP contribution in [0.2, 0.25) is 0 Å². The normalized spacial score (nSPS) is 10.6. The van der Waals surface area contributed by atoms with Crippen LogP contribution < -0.4 is 0 Å². The van der Waals surface area contributed by atoms with Crippen molar-refractivity contribution in [1.29, 1.82) is 0 Å². The number of para-hydroxylation sites is 1. The zero-order chi connectivity index (χ0) is 9.97. The number of rotatable bonds is 3. The third-order valence-corrected chi connectivity index (χ3v) is 2.28. The number of hydrogen-bond acceptors (Lipinski definition) is 2. The fraction of sp³-hybridized carbons (Fsp3) is 0.250. The SMILES string of the molecule is Cc1cc2cccc(CCC=O)c2o1. The fourth-order valence-corrected chi connectivity index (χ4v) is 1.66. The molecule has 14 heavy (non-hydrogen) atoms. The largest absolute Gasteiger partial charge is 0.461 e. The van der Waals surface area contributed by atoms with E-state index in [1.54, 1.807) is 0 Å². The molecule has 1 aromatic carbocycles. The van der Waals surface area contributed by atoms with Crippen LogP contribution in [0.25, 0.3) is 11.0 Å². The summed E-state index contributed by atoms with van der Waals surface area (Å²) >= 11 is 0. The molecule has 2 rings (SSSR count). The van der Waals surface area contributed by atoms with Crippen molar-refractivity contribution in [2.24, 2.45) is 0 Å². The second-order valence-corrected chi connectivity index (χ2v) is 3.40. The van der Waals surface area contributed by atoms with Crippen molar-refractivity contribution >= 4 is 17.3 Å². The molecule has 2 nitrogen and oxygen atoms in total. The second kappa shape index (κ2) is 3.66. The molecule has 0 radical (unpaired) electrons. The number of hydrogen-bond donors (Lipinski definition) is 0. The minimum atomic E-state index is 0.554.